The van der Waals surface area contributed by atoms with E-state index in [1.807, 2.05) is 0 Å². The second-order valence-corrected chi connectivity index (χ2v) is 9.42. The van der Waals surface area contributed by atoms with Crippen molar-refractivity contribution in [3.63, 3.8) is 0 Å². The minimum Gasteiger partial charge on any atom is -0.506 e. The second kappa shape index (κ2) is 7.79. The number of phenols is 2. The van der Waals surface area contributed by atoms with Gasteiger partial charge in [0.25, 0.3) is 0 Å². The van der Waals surface area contributed by atoms with Crippen LogP contribution in [-0.4, -0.2) is 16.2 Å². The van der Waals surface area contributed by atoms with Gasteiger partial charge in [0.1, 0.15) is 21.7 Å². The molecule has 0 amide bonds. The first-order chi connectivity index (χ1) is 12.2. The summed E-state index contributed by atoms with van der Waals surface area (Å²) in [7, 11) is 0. The Morgan fingerprint density at radius 3 is 1.77 bits per heavy atom. The first-order valence-electron chi connectivity index (χ1n) is 6.89. The standard InChI is InChI=1S/C17H7Br5O4/c18-8-1-6(2-9(19)15(8)23)3-12-13(14(22)17(25)26-12)7-4-10(20)16(24)11(21)5-7/h1-5,23-24H/b12-3-. The molecule has 3 rings (SSSR count). The highest BCUT2D eigenvalue weighted by Gasteiger charge is 2.30. The zero-order chi connectivity index (χ0) is 19.2. The van der Waals surface area contributed by atoms with E-state index in [1.54, 1.807) is 30.3 Å². The second-order valence-electron chi connectivity index (χ2n) is 5.21. The molecule has 0 atom stereocenters. The molecule has 0 saturated heterocycles. The van der Waals surface area contributed by atoms with Crippen LogP contribution < -0.4 is 0 Å². The summed E-state index contributed by atoms with van der Waals surface area (Å²) in [5.41, 5.74) is 1.93. The lowest BCUT2D eigenvalue weighted by Crippen LogP contribution is -1.93. The van der Waals surface area contributed by atoms with Crippen LogP contribution in [0.4, 0.5) is 0 Å². The number of aromatic hydroxyl groups is 2. The highest BCUT2D eigenvalue weighted by Crippen LogP contribution is 2.43. The lowest BCUT2D eigenvalue weighted by atomic mass is 10.0. The summed E-state index contributed by atoms with van der Waals surface area (Å²) in [6, 6.07) is 6.78. The Kier molecular flexibility index (Phi) is 6.03. The van der Waals surface area contributed by atoms with Gasteiger partial charge in [0.2, 0.25) is 0 Å². The number of rotatable bonds is 2. The Hall–Kier alpha value is -0.610. The Bertz CT molecular complexity index is 964. The topological polar surface area (TPSA) is 66.8 Å². The summed E-state index contributed by atoms with van der Waals surface area (Å²) in [6.07, 6.45) is 1.69. The van der Waals surface area contributed by atoms with Gasteiger partial charge in [0.05, 0.1) is 17.9 Å². The summed E-state index contributed by atoms with van der Waals surface area (Å²) in [5.74, 6) is -0.0223. The largest absolute Gasteiger partial charge is 0.506 e. The van der Waals surface area contributed by atoms with Gasteiger partial charge in [-0.1, -0.05) is 0 Å². The van der Waals surface area contributed by atoms with Crippen LogP contribution in [0.25, 0.3) is 11.6 Å². The van der Waals surface area contributed by atoms with Crippen LogP contribution in [0.5, 0.6) is 11.5 Å². The molecule has 0 aliphatic carbocycles. The van der Waals surface area contributed by atoms with E-state index in [1.165, 1.54) is 0 Å². The molecule has 1 aliphatic heterocycles. The van der Waals surface area contributed by atoms with Crippen LogP contribution in [0.1, 0.15) is 11.1 Å². The normalized spacial score (nSPS) is 15.7. The summed E-state index contributed by atoms with van der Waals surface area (Å²) in [4.78, 5) is 12.1. The maximum Gasteiger partial charge on any atom is 0.351 e. The average Bonchev–Trinajstić information content (AvgIpc) is 2.84. The van der Waals surface area contributed by atoms with E-state index in [0.29, 0.717) is 40.4 Å². The fourth-order valence-electron chi connectivity index (χ4n) is 2.31. The third-order valence-electron chi connectivity index (χ3n) is 3.49. The molecule has 1 heterocycles. The molecule has 2 N–H and O–H groups in total. The van der Waals surface area contributed by atoms with Gasteiger partial charge in [-0.05, 0) is 121 Å². The Balaban J connectivity index is 2.15. The summed E-state index contributed by atoms with van der Waals surface area (Å²) in [5, 5.41) is 19.8. The van der Waals surface area contributed by atoms with Crippen molar-refractivity contribution in [2.75, 3.05) is 0 Å². The summed E-state index contributed by atoms with van der Waals surface area (Å²) < 4.78 is 7.62. The molecular formula is C17H7Br5O4. The number of carbonyl (C=O) groups is 1. The molecule has 2 aromatic carbocycles. The maximum atomic E-state index is 12.1. The van der Waals surface area contributed by atoms with Gasteiger partial charge in [-0.15, -0.1) is 0 Å². The Labute approximate surface area is 190 Å². The smallest absolute Gasteiger partial charge is 0.351 e. The maximum absolute atomic E-state index is 12.1. The number of carbonyl (C=O) groups excluding carboxylic acids is 1. The molecule has 26 heavy (non-hydrogen) atoms. The number of cyclic esters (lactones) is 1. The fraction of sp³-hybridized carbons (Fsp3) is 0. The molecule has 2 aromatic rings. The van der Waals surface area contributed by atoms with E-state index in [-0.39, 0.29) is 16.0 Å². The van der Waals surface area contributed by atoms with Crippen LogP contribution in [0.3, 0.4) is 0 Å². The van der Waals surface area contributed by atoms with E-state index in [0.717, 1.165) is 0 Å². The molecule has 1 aliphatic rings. The van der Waals surface area contributed by atoms with Gasteiger partial charge in [0.15, 0.2) is 0 Å². The molecule has 0 unspecified atom stereocenters. The van der Waals surface area contributed by atoms with E-state index >= 15 is 0 Å². The molecule has 0 radical (unpaired) electrons. The third-order valence-corrected chi connectivity index (χ3v) is 6.63. The zero-order valence-electron chi connectivity index (χ0n) is 12.5. The Morgan fingerprint density at radius 2 is 1.27 bits per heavy atom. The first kappa shape index (κ1) is 20.1. The Morgan fingerprint density at radius 1 is 0.808 bits per heavy atom. The quantitative estimate of drug-likeness (QED) is 0.342. The van der Waals surface area contributed by atoms with Crippen molar-refractivity contribution >= 4 is 97.3 Å². The molecule has 134 valence electrons. The predicted molar refractivity (Wildman–Crippen MR) is 117 cm³/mol. The van der Waals surface area contributed by atoms with Crippen LogP contribution in [0, 0.1) is 0 Å². The number of allylic oxidation sites excluding steroid dienone is 1. The minimum absolute atomic E-state index is 0.0626. The van der Waals surface area contributed by atoms with Crippen molar-refractivity contribution in [1.29, 1.82) is 0 Å². The van der Waals surface area contributed by atoms with E-state index < -0.39 is 5.97 Å². The van der Waals surface area contributed by atoms with E-state index in [2.05, 4.69) is 79.6 Å². The monoisotopic (exact) mass is 670 g/mol. The van der Waals surface area contributed by atoms with Crippen LogP contribution in [0.2, 0.25) is 0 Å². The molecule has 0 bridgehead atoms. The summed E-state index contributed by atoms with van der Waals surface area (Å²) >= 11 is 16.4. The first-order valence-corrected chi connectivity index (χ1v) is 10.9. The van der Waals surface area contributed by atoms with Crippen molar-refractivity contribution < 1.29 is 19.7 Å². The van der Waals surface area contributed by atoms with Gasteiger partial charge in [-0.3, -0.25) is 0 Å². The van der Waals surface area contributed by atoms with Crippen LogP contribution in [-0.2, 0) is 9.53 Å². The fourth-order valence-corrected chi connectivity index (χ4v) is 5.22. The van der Waals surface area contributed by atoms with Crippen molar-refractivity contribution in [3.05, 3.63) is 63.5 Å². The van der Waals surface area contributed by atoms with Crippen molar-refractivity contribution in [1.82, 2.24) is 0 Å². The van der Waals surface area contributed by atoms with Gasteiger partial charge in [-0.25, -0.2) is 4.79 Å². The van der Waals surface area contributed by atoms with E-state index in [4.69, 9.17) is 4.74 Å². The molecule has 0 saturated carbocycles. The number of hydrogen-bond acceptors (Lipinski definition) is 4. The number of ether oxygens (including phenoxy) is 1. The lowest BCUT2D eigenvalue weighted by Gasteiger charge is -2.09. The number of phenolic OH excluding ortho intramolecular Hbond substituents is 2. The van der Waals surface area contributed by atoms with Gasteiger partial charge < -0.3 is 14.9 Å². The van der Waals surface area contributed by atoms with Crippen molar-refractivity contribution in [2.45, 2.75) is 0 Å². The molecule has 9 heteroatoms. The lowest BCUT2D eigenvalue weighted by molar-refractivity contribution is -0.132. The van der Waals surface area contributed by atoms with Crippen molar-refractivity contribution in [3.8, 4) is 11.5 Å². The number of benzene rings is 2. The highest BCUT2D eigenvalue weighted by molar-refractivity contribution is 9.12. The highest BCUT2D eigenvalue weighted by atomic mass is 79.9. The SMILES string of the molecule is O=C1O/C(=C\c2cc(Br)c(O)c(Br)c2)C(c2cc(Br)c(O)c(Br)c2)=C1Br. The van der Waals surface area contributed by atoms with Gasteiger partial charge in [0, 0.05) is 5.57 Å². The molecule has 0 spiro atoms. The minimum atomic E-state index is -0.511. The predicted octanol–water partition coefficient (Wildman–Crippen LogP) is 6.85. The molecule has 0 fully saturated rings. The third kappa shape index (κ3) is 3.82. The molecule has 4 nitrogen and oxygen atoms in total. The van der Waals surface area contributed by atoms with Gasteiger partial charge in [-0.2, -0.15) is 0 Å². The van der Waals surface area contributed by atoms with E-state index in [9.17, 15) is 15.0 Å². The zero-order valence-corrected chi connectivity index (χ0v) is 20.4. The average molecular weight is 675 g/mol. The van der Waals surface area contributed by atoms with Gasteiger partial charge >= 0.3 is 5.97 Å². The summed E-state index contributed by atoms with van der Waals surface area (Å²) in [6.45, 7) is 0. The molecular weight excluding hydrogens is 668 g/mol. The van der Waals surface area contributed by atoms with Crippen molar-refractivity contribution in [2.24, 2.45) is 0 Å². The number of esters is 1. The molecule has 0 aromatic heterocycles. The van der Waals surface area contributed by atoms with Crippen LogP contribution >= 0.6 is 79.6 Å². The van der Waals surface area contributed by atoms with Crippen LogP contribution in [0.15, 0.2) is 52.4 Å². The number of halogens is 5. The number of hydrogen-bond donors (Lipinski definition) is 2.